The lowest BCUT2D eigenvalue weighted by Gasteiger charge is -2.40. The Morgan fingerprint density at radius 2 is 2.00 bits per heavy atom. The zero-order valence-corrected chi connectivity index (χ0v) is 11.2. The topological polar surface area (TPSA) is 42.4 Å². The molecule has 2 rings (SSSR count). The molecule has 4 nitrogen and oxygen atoms in total. The van der Waals surface area contributed by atoms with Crippen molar-refractivity contribution in [2.24, 2.45) is 5.41 Å². The van der Waals surface area contributed by atoms with Gasteiger partial charge in [0, 0.05) is 18.8 Å². The SMILES string of the molecule is CC(C)(C)CC(=O)N1CC(Oc2ccncc2)C1. The van der Waals surface area contributed by atoms with E-state index in [9.17, 15) is 4.79 Å². The molecule has 1 fully saturated rings. The molecule has 1 saturated heterocycles. The fraction of sp³-hybridized carbons (Fsp3) is 0.571. The van der Waals surface area contributed by atoms with E-state index in [1.807, 2.05) is 17.0 Å². The molecule has 1 aromatic rings. The van der Waals surface area contributed by atoms with Gasteiger partial charge < -0.3 is 9.64 Å². The lowest BCUT2D eigenvalue weighted by atomic mass is 9.91. The molecular weight excluding hydrogens is 228 g/mol. The maximum Gasteiger partial charge on any atom is 0.223 e. The molecule has 0 bridgehead atoms. The first-order valence-corrected chi connectivity index (χ1v) is 6.28. The number of nitrogens with zero attached hydrogens (tertiary/aromatic N) is 2. The average molecular weight is 248 g/mol. The second-order valence-electron chi connectivity index (χ2n) is 5.96. The Hall–Kier alpha value is -1.58. The molecule has 1 aromatic heterocycles. The van der Waals surface area contributed by atoms with E-state index in [1.54, 1.807) is 12.4 Å². The van der Waals surface area contributed by atoms with Gasteiger partial charge in [-0.1, -0.05) is 20.8 Å². The summed E-state index contributed by atoms with van der Waals surface area (Å²) in [4.78, 5) is 17.7. The molecule has 0 radical (unpaired) electrons. The van der Waals surface area contributed by atoms with Crippen molar-refractivity contribution >= 4 is 5.91 Å². The van der Waals surface area contributed by atoms with Crippen molar-refractivity contribution < 1.29 is 9.53 Å². The Labute approximate surface area is 108 Å². The van der Waals surface area contributed by atoms with Crippen LogP contribution in [0.4, 0.5) is 0 Å². The van der Waals surface area contributed by atoms with Crippen LogP contribution >= 0.6 is 0 Å². The Bertz CT molecular complexity index is 406. The predicted molar refractivity (Wildman–Crippen MR) is 69.3 cm³/mol. The summed E-state index contributed by atoms with van der Waals surface area (Å²) >= 11 is 0. The fourth-order valence-electron chi connectivity index (χ4n) is 1.89. The fourth-order valence-corrected chi connectivity index (χ4v) is 1.89. The van der Waals surface area contributed by atoms with Gasteiger partial charge >= 0.3 is 0 Å². The highest BCUT2D eigenvalue weighted by molar-refractivity contribution is 5.77. The number of aromatic nitrogens is 1. The second kappa shape index (κ2) is 4.96. The lowest BCUT2D eigenvalue weighted by molar-refractivity contribution is -0.141. The van der Waals surface area contributed by atoms with Gasteiger partial charge in [-0.15, -0.1) is 0 Å². The van der Waals surface area contributed by atoms with E-state index in [-0.39, 0.29) is 17.4 Å². The number of hydrogen-bond donors (Lipinski definition) is 0. The number of pyridine rings is 1. The van der Waals surface area contributed by atoms with Crippen LogP contribution in [0.5, 0.6) is 5.75 Å². The summed E-state index contributed by atoms with van der Waals surface area (Å²) in [6, 6.07) is 3.67. The number of carbonyl (C=O) groups is 1. The first kappa shape index (κ1) is 12.9. The molecule has 0 aliphatic carbocycles. The van der Waals surface area contributed by atoms with Gasteiger partial charge in [0.2, 0.25) is 5.91 Å². The molecular formula is C14H20N2O2. The molecule has 18 heavy (non-hydrogen) atoms. The summed E-state index contributed by atoms with van der Waals surface area (Å²) in [7, 11) is 0. The van der Waals surface area contributed by atoms with Gasteiger partial charge in [0.25, 0.3) is 0 Å². The van der Waals surface area contributed by atoms with E-state index in [2.05, 4.69) is 25.8 Å². The molecule has 1 amide bonds. The normalized spacial score (nSPS) is 16.3. The molecule has 1 aliphatic heterocycles. The number of hydrogen-bond acceptors (Lipinski definition) is 3. The van der Waals surface area contributed by atoms with Crippen molar-refractivity contribution in [3.8, 4) is 5.75 Å². The maximum absolute atomic E-state index is 11.9. The van der Waals surface area contributed by atoms with Crippen LogP contribution in [-0.4, -0.2) is 35.0 Å². The van der Waals surface area contributed by atoms with E-state index in [4.69, 9.17) is 4.74 Å². The smallest absolute Gasteiger partial charge is 0.223 e. The van der Waals surface area contributed by atoms with Crippen LogP contribution in [0.2, 0.25) is 0 Å². The third-order valence-electron chi connectivity index (χ3n) is 2.83. The first-order chi connectivity index (χ1) is 8.44. The van der Waals surface area contributed by atoms with Gasteiger partial charge in [-0.2, -0.15) is 0 Å². The van der Waals surface area contributed by atoms with Crippen LogP contribution in [0.15, 0.2) is 24.5 Å². The van der Waals surface area contributed by atoms with Gasteiger partial charge in [-0.05, 0) is 17.5 Å². The molecule has 2 heterocycles. The van der Waals surface area contributed by atoms with E-state index >= 15 is 0 Å². The summed E-state index contributed by atoms with van der Waals surface area (Å²) in [6.45, 7) is 7.62. The average Bonchev–Trinajstić information content (AvgIpc) is 2.21. The van der Waals surface area contributed by atoms with Crippen LogP contribution < -0.4 is 4.74 Å². The monoisotopic (exact) mass is 248 g/mol. The van der Waals surface area contributed by atoms with Gasteiger partial charge in [-0.25, -0.2) is 0 Å². The number of carbonyl (C=O) groups excluding carboxylic acids is 1. The van der Waals surface area contributed by atoms with E-state index in [1.165, 1.54) is 0 Å². The van der Waals surface area contributed by atoms with Crippen LogP contribution in [-0.2, 0) is 4.79 Å². The number of amides is 1. The highest BCUT2D eigenvalue weighted by atomic mass is 16.5. The third kappa shape index (κ3) is 3.45. The first-order valence-electron chi connectivity index (χ1n) is 6.28. The lowest BCUT2D eigenvalue weighted by Crippen LogP contribution is -2.56. The molecule has 0 N–H and O–H groups in total. The second-order valence-corrected chi connectivity index (χ2v) is 5.96. The molecule has 1 aliphatic rings. The van der Waals surface area contributed by atoms with Gasteiger partial charge in [0.15, 0.2) is 0 Å². The molecule has 0 saturated carbocycles. The van der Waals surface area contributed by atoms with Crippen LogP contribution in [0.3, 0.4) is 0 Å². The van der Waals surface area contributed by atoms with Crippen molar-refractivity contribution in [1.82, 2.24) is 9.88 Å². The summed E-state index contributed by atoms with van der Waals surface area (Å²) < 4.78 is 5.73. The molecule has 0 spiro atoms. The molecule has 0 atom stereocenters. The van der Waals surface area contributed by atoms with Gasteiger partial charge in [-0.3, -0.25) is 9.78 Å². The van der Waals surface area contributed by atoms with Crippen molar-refractivity contribution in [2.75, 3.05) is 13.1 Å². The van der Waals surface area contributed by atoms with E-state index in [0.29, 0.717) is 19.5 Å². The van der Waals surface area contributed by atoms with Crippen molar-refractivity contribution in [3.63, 3.8) is 0 Å². The largest absolute Gasteiger partial charge is 0.487 e. The van der Waals surface area contributed by atoms with Gasteiger partial charge in [0.1, 0.15) is 11.9 Å². The van der Waals surface area contributed by atoms with Crippen LogP contribution in [0, 0.1) is 5.41 Å². The quantitative estimate of drug-likeness (QED) is 0.822. The Balaban J connectivity index is 1.76. The van der Waals surface area contributed by atoms with Gasteiger partial charge in [0.05, 0.1) is 13.1 Å². The predicted octanol–water partition coefficient (Wildman–Crippen LogP) is 2.11. The minimum absolute atomic E-state index is 0.0497. The molecule has 0 unspecified atom stereocenters. The van der Waals surface area contributed by atoms with E-state index in [0.717, 1.165) is 5.75 Å². The summed E-state index contributed by atoms with van der Waals surface area (Å²) in [5.41, 5.74) is 0.0497. The van der Waals surface area contributed by atoms with Crippen molar-refractivity contribution in [1.29, 1.82) is 0 Å². The summed E-state index contributed by atoms with van der Waals surface area (Å²) in [6.07, 6.45) is 4.12. The Morgan fingerprint density at radius 3 is 2.56 bits per heavy atom. The number of rotatable bonds is 3. The number of ether oxygens (including phenoxy) is 1. The zero-order valence-electron chi connectivity index (χ0n) is 11.2. The summed E-state index contributed by atoms with van der Waals surface area (Å²) in [5, 5.41) is 0. The third-order valence-corrected chi connectivity index (χ3v) is 2.83. The highest BCUT2D eigenvalue weighted by Crippen LogP contribution is 2.23. The van der Waals surface area contributed by atoms with Crippen molar-refractivity contribution in [3.05, 3.63) is 24.5 Å². The van der Waals surface area contributed by atoms with Crippen molar-refractivity contribution in [2.45, 2.75) is 33.3 Å². The Morgan fingerprint density at radius 1 is 1.39 bits per heavy atom. The number of likely N-dealkylation sites (tertiary alicyclic amines) is 1. The molecule has 98 valence electrons. The Kier molecular flexibility index (Phi) is 3.55. The van der Waals surface area contributed by atoms with E-state index < -0.39 is 0 Å². The summed E-state index contributed by atoms with van der Waals surface area (Å²) in [5.74, 6) is 1.04. The zero-order chi connectivity index (χ0) is 13.2. The van der Waals surface area contributed by atoms with Crippen LogP contribution in [0.1, 0.15) is 27.2 Å². The molecule has 0 aromatic carbocycles. The highest BCUT2D eigenvalue weighted by Gasteiger charge is 2.33. The van der Waals surface area contributed by atoms with Crippen LogP contribution in [0.25, 0.3) is 0 Å². The maximum atomic E-state index is 11.9. The minimum Gasteiger partial charge on any atom is -0.487 e. The minimum atomic E-state index is 0.0497. The molecule has 4 heteroatoms. The standard InChI is InChI=1S/C14H20N2O2/c1-14(2,3)8-13(17)16-9-12(10-16)18-11-4-6-15-7-5-11/h4-7,12H,8-10H2,1-3H3.